The van der Waals surface area contributed by atoms with Crippen LogP contribution in [0.3, 0.4) is 0 Å². The molecule has 0 amide bonds. The summed E-state index contributed by atoms with van der Waals surface area (Å²) in [5.41, 5.74) is 1.14. The zero-order valence-electron chi connectivity index (χ0n) is 12.2. The summed E-state index contributed by atoms with van der Waals surface area (Å²) < 4.78 is 3.67. The van der Waals surface area contributed by atoms with E-state index in [4.69, 9.17) is 36.7 Å². The fourth-order valence-electron chi connectivity index (χ4n) is 1.15. The molecule has 0 saturated carbocycles. The summed E-state index contributed by atoms with van der Waals surface area (Å²) in [5.74, 6) is 0. The highest BCUT2D eigenvalue weighted by atomic mass is 32.2. The van der Waals surface area contributed by atoms with E-state index in [1.807, 2.05) is 56.2 Å². The van der Waals surface area contributed by atoms with Crippen LogP contribution in [-0.4, -0.2) is 51.6 Å². The Labute approximate surface area is 149 Å². The number of H-pyrrole nitrogens is 1. The number of thioether (sulfide) groups is 1. The standard InChI is InChI=1S/C7H5NS2.C6H12N2S3/c9-7-8-5-3-1-2-4-6(5)10-7;1-7(2)5(9)11-6(10)8(3)4/h1-4H,(H,8,9);1-4H3. The maximum absolute atomic E-state index is 5.05. The van der Waals surface area contributed by atoms with Crippen molar-refractivity contribution in [3.63, 3.8) is 0 Å². The topological polar surface area (TPSA) is 22.3 Å². The number of fused-ring (bicyclic) bond motifs is 1. The van der Waals surface area contributed by atoms with Crippen molar-refractivity contribution in [3.05, 3.63) is 28.2 Å². The van der Waals surface area contributed by atoms with Gasteiger partial charge in [0.1, 0.15) is 8.64 Å². The van der Waals surface area contributed by atoms with Crippen molar-refractivity contribution >= 4 is 78.6 Å². The van der Waals surface area contributed by atoms with Crippen LogP contribution in [-0.2, 0) is 0 Å². The molecule has 0 atom stereocenters. The average Bonchev–Trinajstić information content (AvgIpc) is 2.79. The molecule has 114 valence electrons. The number of nitrogens with one attached hydrogen (secondary N) is 1. The fraction of sp³-hybridized carbons (Fsp3) is 0.308. The van der Waals surface area contributed by atoms with Gasteiger partial charge in [-0.1, -0.05) is 36.6 Å². The van der Waals surface area contributed by atoms with Crippen LogP contribution >= 0.6 is 59.8 Å². The lowest BCUT2D eigenvalue weighted by Crippen LogP contribution is -2.23. The second-order valence-corrected chi connectivity index (χ2v) is 8.42. The average molecular weight is 376 g/mol. The normalized spacial score (nSPS) is 9.71. The summed E-state index contributed by atoms with van der Waals surface area (Å²) in [4.78, 5) is 6.83. The number of benzene rings is 1. The highest BCUT2D eigenvalue weighted by Crippen LogP contribution is 2.17. The SMILES string of the molecule is CN(C)C(=S)SC(=S)N(C)C.S=c1[nH]c2ccccc2s1. The summed E-state index contributed by atoms with van der Waals surface area (Å²) in [5, 5.41) is 0. The Bertz CT molecular complexity index is 617. The number of rotatable bonds is 0. The lowest BCUT2D eigenvalue weighted by molar-refractivity contribution is 0.643. The summed E-state index contributed by atoms with van der Waals surface area (Å²) in [6, 6.07) is 8.11. The lowest BCUT2D eigenvalue weighted by Gasteiger charge is -2.16. The zero-order chi connectivity index (χ0) is 16.0. The number of nitrogens with zero attached hydrogens (tertiary/aromatic N) is 2. The number of thiocarbonyl (C=S) groups is 2. The monoisotopic (exact) mass is 375 g/mol. The highest BCUT2D eigenvalue weighted by molar-refractivity contribution is 8.37. The minimum Gasteiger partial charge on any atom is -0.363 e. The molecule has 1 N–H and O–H groups in total. The molecule has 1 aromatic carbocycles. The van der Waals surface area contributed by atoms with Crippen LogP contribution in [0.1, 0.15) is 0 Å². The Morgan fingerprint density at radius 2 is 1.57 bits per heavy atom. The van der Waals surface area contributed by atoms with Gasteiger partial charge in [0, 0.05) is 28.2 Å². The van der Waals surface area contributed by atoms with Crippen molar-refractivity contribution in [1.29, 1.82) is 0 Å². The second kappa shape index (κ2) is 8.79. The minimum absolute atomic E-state index is 0.795. The van der Waals surface area contributed by atoms with Gasteiger partial charge in [-0.3, -0.25) is 0 Å². The highest BCUT2D eigenvalue weighted by Gasteiger charge is 2.05. The largest absolute Gasteiger partial charge is 0.363 e. The van der Waals surface area contributed by atoms with Crippen molar-refractivity contribution < 1.29 is 0 Å². The first kappa shape index (κ1) is 18.5. The van der Waals surface area contributed by atoms with Crippen molar-refractivity contribution in [2.75, 3.05) is 28.2 Å². The fourth-order valence-corrected chi connectivity index (χ4v) is 3.41. The molecule has 21 heavy (non-hydrogen) atoms. The van der Waals surface area contributed by atoms with E-state index in [1.54, 1.807) is 11.3 Å². The third-order valence-corrected chi connectivity index (χ3v) is 5.76. The molecule has 0 aliphatic carbocycles. The molecule has 2 aromatic rings. The molecule has 0 unspecified atom stereocenters. The van der Waals surface area contributed by atoms with E-state index in [9.17, 15) is 0 Å². The van der Waals surface area contributed by atoms with Gasteiger partial charge in [-0.25, -0.2) is 0 Å². The van der Waals surface area contributed by atoms with Gasteiger partial charge in [0.25, 0.3) is 0 Å². The summed E-state index contributed by atoms with van der Waals surface area (Å²) in [7, 11) is 7.64. The van der Waals surface area contributed by atoms with Crippen LogP contribution in [0.15, 0.2) is 24.3 Å². The molecule has 0 fully saturated rings. The first-order valence-corrected chi connectivity index (χ1v) is 8.85. The van der Waals surface area contributed by atoms with Crippen molar-refractivity contribution in [3.8, 4) is 0 Å². The molecular weight excluding hydrogens is 358 g/mol. The van der Waals surface area contributed by atoms with E-state index in [1.165, 1.54) is 16.5 Å². The van der Waals surface area contributed by atoms with Gasteiger partial charge in [-0.05, 0) is 36.1 Å². The molecule has 0 aliphatic rings. The number of aromatic nitrogens is 1. The van der Waals surface area contributed by atoms with Crippen molar-refractivity contribution in [1.82, 2.24) is 14.8 Å². The van der Waals surface area contributed by atoms with E-state index < -0.39 is 0 Å². The molecular formula is C13H17N3S5. The van der Waals surface area contributed by atoms with Crippen LogP contribution in [0, 0.1) is 3.95 Å². The first-order valence-electron chi connectivity index (χ1n) is 5.99. The number of para-hydroxylation sites is 1. The van der Waals surface area contributed by atoms with E-state index in [2.05, 4.69) is 11.1 Å². The summed E-state index contributed by atoms with van der Waals surface area (Å²) in [6.07, 6.45) is 0. The van der Waals surface area contributed by atoms with Crippen molar-refractivity contribution in [2.45, 2.75) is 0 Å². The van der Waals surface area contributed by atoms with Gasteiger partial charge in [0.05, 0.1) is 10.2 Å². The Hall–Kier alpha value is -0.540. The Morgan fingerprint density at radius 3 is 2.05 bits per heavy atom. The Kier molecular flexibility index (Phi) is 7.75. The molecule has 0 spiro atoms. The van der Waals surface area contributed by atoms with E-state index >= 15 is 0 Å². The van der Waals surface area contributed by atoms with E-state index in [0.717, 1.165) is 18.1 Å². The summed E-state index contributed by atoms with van der Waals surface area (Å²) >= 11 is 18.1. The minimum atomic E-state index is 0.795. The predicted octanol–water partition coefficient (Wildman–Crippen LogP) is 4.37. The van der Waals surface area contributed by atoms with Gasteiger partial charge >= 0.3 is 0 Å². The maximum atomic E-state index is 5.05. The molecule has 1 aromatic heterocycles. The van der Waals surface area contributed by atoms with Crippen LogP contribution in [0.25, 0.3) is 10.2 Å². The van der Waals surface area contributed by atoms with Crippen LogP contribution in [0.4, 0.5) is 0 Å². The van der Waals surface area contributed by atoms with Gasteiger partial charge in [-0.15, -0.1) is 11.3 Å². The lowest BCUT2D eigenvalue weighted by atomic mass is 10.3. The molecule has 0 saturated heterocycles. The molecule has 0 bridgehead atoms. The van der Waals surface area contributed by atoms with Gasteiger partial charge in [0.15, 0.2) is 3.95 Å². The molecule has 0 radical (unpaired) electrons. The van der Waals surface area contributed by atoms with Crippen LogP contribution in [0.5, 0.6) is 0 Å². The van der Waals surface area contributed by atoms with Crippen LogP contribution < -0.4 is 0 Å². The molecule has 1 heterocycles. The van der Waals surface area contributed by atoms with Gasteiger partial charge in [-0.2, -0.15) is 0 Å². The van der Waals surface area contributed by atoms with Crippen LogP contribution in [0.2, 0.25) is 0 Å². The number of hydrogen-bond donors (Lipinski definition) is 1. The molecule has 3 nitrogen and oxygen atoms in total. The number of aromatic amines is 1. The second-order valence-electron chi connectivity index (χ2n) is 4.43. The van der Waals surface area contributed by atoms with Gasteiger partial charge in [0.2, 0.25) is 0 Å². The van der Waals surface area contributed by atoms with Gasteiger partial charge < -0.3 is 14.8 Å². The summed E-state index contributed by atoms with van der Waals surface area (Å²) in [6.45, 7) is 0. The maximum Gasteiger partial charge on any atom is 0.159 e. The molecule has 2 rings (SSSR count). The van der Waals surface area contributed by atoms with Crippen molar-refractivity contribution in [2.24, 2.45) is 0 Å². The third-order valence-electron chi connectivity index (χ3n) is 2.23. The third kappa shape index (κ3) is 6.39. The zero-order valence-corrected chi connectivity index (χ0v) is 16.3. The smallest absolute Gasteiger partial charge is 0.159 e. The van der Waals surface area contributed by atoms with E-state index in [0.29, 0.717) is 0 Å². The van der Waals surface area contributed by atoms with E-state index in [-0.39, 0.29) is 0 Å². The molecule has 8 heteroatoms. The Morgan fingerprint density at radius 1 is 1.05 bits per heavy atom. The first-order chi connectivity index (χ1) is 9.81. The predicted molar refractivity (Wildman–Crippen MR) is 107 cm³/mol. The Balaban J connectivity index is 0.000000210. The number of hydrogen-bond acceptors (Lipinski definition) is 5. The number of thiazole rings is 1. The molecule has 0 aliphatic heterocycles. The quantitative estimate of drug-likeness (QED) is 0.686.